The number of hydrogen-bond acceptors (Lipinski definition) is 6. The summed E-state index contributed by atoms with van der Waals surface area (Å²) in [5.74, 6) is -0.649. The quantitative estimate of drug-likeness (QED) is 0.625. The molecular weight excluding hydrogens is 276 g/mol. The van der Waals surface area contributed by atoms with E-state index in [9.17, 15) is 14.8 Å². The lowest BCUT2D eigenvalue weighted by Gasteiger charge is -2.51. The van der Waals surface area contributed by atoms with Crippen LogP contribution in [0.15, 0.2) is 0 Å². The summed E-state index contributed by atoms with van der Waals surface area (Å²) >= 11 is 0. The number of amides is 2. The predicted molar refractivity (Wildman–Crippen MR) is 72.9 cm³/mol. The summed E-state index contributed by atoms with van der Waals surface area (Å²) in [6.07, 6.45) is 1.56. The van der Waals surface area contributed by atoms with Crippen molar-refractivity contribution >= 4 is 11.8 Å². The third-order valence-electron chi connectivity index (χ3n) is 4.09. The van der Waals surface area contributed by atoms with Gasteiger partial charge in [0.15, 0.2) is 6.79 Å². The van der Waals surface area contributed by atoms with E-state index in [2.05, 4.69) is 0 Å². The molecule has 2 rings (SSSR count). The fourth-order valence-electron chi connectivity index (χ4n) is 3.18. The predicted octanol–water partition coefficient (Wildman–Crippen LogP) is 1.45. The Morgan fingerprint density at radius 3 is 2.05 bits per heavy atom. The van der Waals surface area contributed by atoms with Gasteiger partial charge in [0.2, 0.25) is 0 Å². The first-order valence-electron chi connectivity index (χ1n) is 7.23. The van der Waals surface area contributed by atoms with Crippen molar-refractivity contribution in [3.8, 4) is 0 Å². The molecule has 0 aromatic rings. The van der Waals surface area contributed by atoms with Gasteiger partial charge in [-0.2, -0.15) is 10.1 Å². The Bertz CT molecular complexity index is 401. The molecule has 1 N–H and O–H groups in total. The van der Waals surface area contributed by atoms with E-state index in [-0.39, 0.29) is 37.6 Å². The fraction of sp³-hybridized carbons (Fsp3) is 0.857. The molecule has 0 aromatic carbocycles. The Kier molecular flexibility index (Phi) is 4.39. The monoisotopic (exact) mass is 300 g/mol. The van der Waals surface area contributed by atoms with Crippen molar-refractivity contribution in [1.82, 2.24) is 10.1 Å². The van der Waals surface area contributed by atoms with Crippen LogP contribution in [0.25, 0.3) is 0 Å². The zero-order chi connectivity index (χ0) is 15.8. The second kappa shape index (κ2) is 5.64. The van der Waals surface area contributed by atoms with Gasteiger partial charge in [0, 0.05) is 23.9 Å². The molecule has 2 aliphatic heterocycles. The second-order valence-corrected chi connectivity index (χ2v) is 6.96. The first-order valence-corrected chi connectivity index (χ1v) is 7.23. The summed E-state index contributed by atoms with van der Waals surface area (Å²) in [5, 5.41) is 12.4. The standard InChI is InChI=1S/C14H24N2O5/c1-13(2)7-10(8-14(3,4)16(13)19)20-9-21-15-11(17)5-6-12(15)18/h10,19H,5-9H2,1-4H3. The van der Waals surface area contributed by atoms with Crippen molar-refractivity contribution in [2.75, 3.05) is 6.79 Å². The molecular formula is C14H24N2O5. The van der Waals surface area contributed by atoms with Gasteiger partial charge in [-0.25, -0.2) is 4.84 Å². The lowest BCUT2D eigenvalue weighted by molar-refractivity contribution is -0.277. The molecule has 7 nitrogen and oxygen atoms in total. The summed E-state index contributed by atoms with van der Waals surface area (Å²) in [7, 11) is 0. The molecule has 0 saturated carbocycles. The topological polar surface area (TPSA) is 79.3 Å². The SMILES string of the molecule is CC1(C)CC(OCON2C(=O)CCC2=O)CC(C)(C)N1O. The largest absolute Gasteiger partial charge is 0.349 e. The molecule has 0 bridgehead atoms. The zero-order valence-corrected chi connectivity index (χ0v) is 13.1. The van der Waals surface area contributed by atoms with Gasteiger partial charge in [-0.1, -0.05) is 0 Å². The van der Waals surface area contributed by atoms with E-state index < -0.39 is 11.1 Å². The molecule has 2 aliphatic rings. The molecule has 21 heavy (non-hydrogen) atoms. The van der Waals surface area contributed by atoms with Crippen molar-refractivity contribution in [1.29, 1.82) is 0 Å². The highest BCUT2D eigenvalue weighted by Crippen LogP contribution is 2.37. The molecule has 7 heteroatoms. The Balaban J connectivity index is 1.86. The highest BCUT2D eigenvalue weighted by atomic mass is 16.8. The average molecular weight is 300 g/mol. The minimum absolute atomic E-state index is 0.105. The number of ether oxygens (including phenoxy) is 1. The third-order valence-corrected chi connectivity index (χ3v) is 4.09. The smallest absolute Gasteiger partial charge is 0.254 e. The summed E-state index contributed by atoms with van der Waals surface area (Å²) in [6.45, 7) is 7.63. The first kappa shape index (κ1) is 16.4. The number of imide groups is 1. The van der Waals surface area contributed by atoms with Crippen LogP contribution in [0.3, 0.4) is 0 Å². The van der Waals surface area contributed by atoms with E-state index in [1.54, 1.807) is 0 Å². The molecule has 0 aromatic heterocycles. The summed E-state index contributed by atoms with van der Waals surface area (Å²) < 4.78 is 5.65. The van der Waals surface area contributed by atoms with Crippen LogP contribution in [-0.4, -0.2) is 51.1 Å². The summed E-state index contributed by atoms with van der Waals surface area (Å²) in [5.41, 5.74) is -0.822. The van der Waals surface area contributed by atoms with Gasteiger partial charge >= 0.3 is 0 Å². The molecule has 2 heterocycles. The van der Waals surface area contributed by atoms with Crippen LogP contribution in [0, 0.1) is 0 Å². The normalized spacial score (nSPS) is 26.6. The second-order valence-electron chi connectivity index (χ2n) is 6.96. The van der Waals surface area contributed by atoms with Crippen LogP contribution >= 0.6 is 0 Å². The Hall–Kier alpha value is -1.02. The molecule has 0 aliphatic carbocycles. The van der Waals surface area contributed by atoms with E-state index >= 15 is 0 Å². The van der Waals surface area contributed by atoms with Crippen molar-refractivity contribution in [2.45, 2.75) is 70.6 Å². The maximum Gasteiger partial charge on any atom is 0.254 e. The average Bonchev–Trinajstić information content (AvgIpc) is 2.67. The minimum Gasteiger partial charge on any atom is -0.349 e. The van der Waals surface area contributed by atoms with Gasteiger partial charge in [0.05, 0.1) is 6.10 Å². The first-order chi connectivity index (χ1) is 9.63. The fourth-order valence-corrected chi connectivity index (χ4v) is 3.18. The molecule has 0 radical (unpaired) electrons. The van der Waals surface area contributed by atoms with Crippen molar-refractivity contribution in [3.05, 3.63) is 0 Å². The number of carbonyl (C=O) groups excluding carboxylic acids is 2. The molecule has 120 valence electrons. The molecule has 0 spiro atoms. The lowest BCUT2D eigenvalue weighted by Crippen LogP contribution is -2.60. The minimum atomic E-state index is -0.411. The maximum absolute atomic E-state index is 11.4. The van der Waals surface area contributed by atoms with Crippen LogP contribution in [0.2, 0.25) is 0 Å². The van der Waals surface area contributed by atoms with E-state index in [1.165, 1.54) is 5.06 Å². The highest BCUT2D eigenvalue weighted by Gasteiger charge is 2.45. The Morgan fingerprint density at radius 2 is 1.57 bits per heavy atom. The molecule has 2 amide bonds. The number of carbonyl (C=O) groups is 2. The van der Waals surface area contributed by atoms with Gasteiger partial charge in [-0.05, 0) is 40.5 Å². The Labute approximate surface area is 124 Å². The van der Waals surface area contributed by atoms with Crippen LogP contribution in [0.1, 0.15) is 53.4 Å². The molecule has 0 atom stereocenters. The van der Waals surface area contributed by atoms with Crippen LogP contribution < -0.4 is 0 Å². The highest BCUT2D eigenvalue weighted by molar-refractivity contribution is 6.00. The summed E-state index contributed by atoms with van der Waals surface area (Å²) in [4.78, 5) is 27.9. The summed E-state index contributed by atoms with van der Waals surface area (Å²) in [6, 6.07) is 0. The van der Waals surface area contributed by atoms with Crippen molar-refractivity contribution < 1.29 is 24.4 Å². The number of nitrogens with zero attached hydrogens (tertiary/aromatic N) is 2. The number of hydrogen-bond donors (Lipinski definition) is 1. The number of rotatable bonds is 4. The van der Waals surface area contributed by atoms with Gasteiger partial charge in [0.1, 0.15) is 0 Å². The molecule has 2 saturated heterocycles. The van der Waals surface area contributed by atoms with Crippen LogP contribution in [0.5, 0.6) is 0 Å². The number of piperidine rings is 1. The zero-order valence-electron chi connectivity index (χ0n) is 13.1. The van der Waals surface area contributed by atoms with Gasteiger partial charge in [-0.15, -0.1) is 0 Å². The lowest BCUT2D eigenvalue weighted by atomic mass is 9.80. The maximum atomic E-state index is 11.4. The van der Waals surface area contributed by atoms with E-state index in [4.69, 9.17) is 9.57 Å². The molecule has 0 unspecified atom stereocenters. The van der Waals surface area contributed by atoms with Crippen LogP contribution in [-0.2, 0) is 19.2 Å². The van der Waals surface area contributed by atoms with Crippen molar-refractivity contribution in [3.63, 3.8) is 0 Å². The van der Waals surface area contributed by atoms with Gasteiger partial charge in [0.25, 0.3) is 11.8 Å². The van der Waals surface area contributed by atoms with Crippen molar-refractivity contribution in [2.24, 2.45) is 0 Å². The van der Waals surface area contributed by atoms with E-state index in [0.29, 0.717) is 12.8 Å². The van der Waals surface area contributed by atoms with Gasteiger partial charge < -0.3 is 9.94 Å². The third kappa shape index (κ3) is 3.42. The van der Waals surface area contributed by atoms with E-state index in [0.717, 1.165) is 5.06 Å². The van der Waals surface area contributed by atoms with Crippen LogP contribution in [0.4, 0.5) is 0 Å². The van der Waals surface area contributed by atoms with E-state index in [1.807, 2.05) is 27.7 Å². The molecule has 2 fully saturated rings. The number of hydroxylamine groups is 4. The Morgan fingerprint density at radius 1 is 1.10 bits per heavy atom. The van der Waals surface area contributed by atoms with Gasteiger partial charge in [-0.3, -0.25) is 9.59 Å².